The minimum atomic E-state index is -0.222. The maximum atomic E-state index is 13.2. The van der Waals surface area contributed by atoms with Gasteiger partial charge in [0.05, 0.1) is 17.5 Å². The second kappa shape index (κ2) is 6.14. The summed E-state index contributed by atoms with van der Waals surface area (Å²) in [5.41, 5.74) is 2.89. The van der Waals surface area contributed by atoms with Crippen LogP contribution < -0.4 is 10.2 Å². The Morgan fingerprint density at radius 3 is 2.00 bits per heavy atom. The van der Waals surface area contributed by atoms with E-state index in [1.807, 2.05) is 31.2 Å². The summed E-state index contributed by atoms with van der Waals surface area (Å²) in [5.74, 6) is 0.814. The van der Waals surface area contributed by atoms with Crippen LogP contribution in [0.15, 0.2) is 60.7 Å². The number of imide groups is 1. The zero-order valence-corrected chi connectivity index (χ0v) is 16.6. The quantitative estimate of drug-likeness (QED) is 0.632. The Balaban J connectivity index is 1.23. The molecule has 30 heavy (non-hydrogen) atoms. The van der Waals surface area contributed by atoms with E-state index in [0.29, 0.717) is 23.1 Å². The van der Waals surface area contributed by atoms with Crippen LogP contribution in [0.25, 0.3) is 0 Å². The first kappa shape index (κ1) is 17.6. The normalized spacial score (nSPS) is 32.8. The minimum absolute atomic E-state index is 0.0773. The predicted octanol–water partition coefficient (Wildman–Crippen LogP) is 3.80. The molecule has 7 rings (SSSR count). The van der Waals surface area contributed by atoms with Crippen molar-refractivity contribution in [3.63, 3.8) is 0 Å². The molecule has 2 aromatic carbocycles. The lowest BCUT2D eigenvalue weighted by atomic mass is 9.63. The zero-order valence-electron chi connectivity index (χ0n) is 16.6. The minimum Gasteiger partial charge on any atom is -0.322 e. The molecular formula is C25H22N2O3. The number of hydrogen-bond donors (Lipinski definition) is 1. The second-order valence-corrected chi connectivity index (χ2v) is 9.03. The monoisotopic (exact) mass is 398 g/mol. The highest BCUT2D eigenvalue weighted by Gasteiger charge is 2.67. The summed E-state index contributed by atoms with van der Waals surface area (Å²) in [6.45, 7) is 1.99. The van der Waals surface area contributed by atoms with Crippen molar-refractivity contribution in [2.24, 2.45) is 35.5 Å². The standard InChI is InChI=1S/C25H22N2O3/c1-13-2-6-15(7-3-13)26-23(28)14-4-8-16(9-5-14)27-24(29)21-17-10-11-18(20-12-19(17)20)22(21)25(27)30/h2-11,17-22H,12H2,1H3,(H,26,28)/t17-,18-,19-,20-,21-,22+/m1/s1. The number of allylic oxidation sites excluding steroid dienone is 2. The van der Waals surface area contributed by atoms with Crippen LogP contribution in [0, 0.1) is 42.4 Å². The summed E-state index contributed by atoms with van der Waals surface area (Å²) in [4.78, 5) is 40.3. The highest BCUT2D eigenvalue weighted by molar-refractivity contribution is 6.22. The molecule has 2 bridgehead atoms. The van der Waals surface area contributed by atoms with Gasteiger partial charge in [-0.2, -0.15) is 0 Å². The molecule has 4 aliphatic carbocycles. The van der Waals surface area contributed by atoms with Crippen LogP contribution in [0.2, 0.25) is 0 Å². The number of rotatable bonds is 3. The fourth-order valence-electron chi connectivity index (χ4n) is 5.81. The third-order valence-electron chi connectivity index (χ3n) is 7.36. The Bertz CT molecular complexity index is 1070. The molecule has 1 saturated heterocycles. The highest BCUT2D eigenvalue weighted by Crippen LogP contribution is 2.65. The van der Waals surface area contributed by atoms with Crippen molar-refractivity contribution in [1.29, 1.82) is 0 Å². The molecule has 2 aromatic rings. The lowest BCUT2D eigenvalue weighted by molar-refractivity contribution is -0.124. The number of hydrogen-bond acceptors (Lipinski definition) is 3. The molecule has 150 valence electrons. The van der Waals surface area contributed by atoms with Crippen LogP contribution in [-0.4, -0.2) is 17.7 Å². The molecule has 5 heteroatoms. The molecule has 0 spiro atoms. The number of nitrogens with one attached hydrogen (secondary N) is 1. The Kier molecular flexibility index (Phi) is 3.61. The van der Waals surface area contributed by atoms with E-state index in [1.165, 1.54) is 4.90 Å². The number of carbonyl (C=O) groups excluding carboxylic acids is 3. The number of carbonyl (C=O) groups is 3. The summed E-state index contributed by atoms with van der Waals surface area (Å²) < 4.78 is 0. The summed E-state index contributed by atoms with van der Waals surface area (Å²) in [6.07, 6.45) is 5.50. The average Bonchev–Trinajstić information content (AvgIpc) is 3.53. The third-order valence-corrected chi connectivity index (χ3v) is 7.36. The fourth-order valence-corrected chi connectivity index (χ4v) is 5.81. The first-order chi connectivity index (χ1) is 14.5. The van der Waals surface area contributed by atoms with Crippen LogP contribution >= 0.6 is 0 Å². The molecule has 3 fully saturated rings. The van der Waals surface area contributed by atoms with E-state index in [9.17, 15) is 14.4 Å². The van der Waals surface area contributed by atoms with E-state index in [-0.39, 0.29) is 41.4 Å². The maximum Gasteiger partial charge on any atom is 0.255 e. The van der Waals surface area contributed by atoms with Gasteiger partial charge in [0.25, 0.3) is 5.91 Å². The summed E-state index contributed by atoms with van der Waals surface area (Å²) in [6, 6.07) is 14.3. The molecule has 5 nitrogen and oxygen atoms in total. The van der Waals surface area contributed by atoms with Crippen molar-refractivity contribution in [2.45, 2.75) is 13.3 Å². The van der Waals surface area contributed by atoms with Gasteiger partial charge in [-0.15, -0.1) is 0 Å². The number of benzene rings is 2. The summed E-state index contributed by atoms with van der Waals surface area (Å²) >= 11 is 0. The van der Waals surface area contributed by atoms with Crippen molar-refractivity contribution in [3.8, 4) is 0 Å². The van der Waals surface area contributed by atoms with Crippen molar-refractivity contribution in [1.82, 2.24) is 0 Å². The molecule has 2 saturated carbocycles. The van der Waals surface area contributed by atoms with E-state index < -0.39 is 0 Å². The SMILES string of the molecule is Cc1ccc(NC(=O)c2ccc(N3C(=O)[C@@H]4[C@@H]5C=C[C@H]([C@H]6C[C@H]56)[C@@H]4C3=O)cc2)cc1. The average molecular weight is 398 g/mol. The molecule has 1 aliphatic heterocycles. The molecule has 5 aliphatic rings. The van der Waals surface area contributed by atoms with E-state index in [0.717, 1.165) is 17.7 Å². The predicted molar refractivity (Wildman–Crippen MR) is 113 cm³/mol. The van der Waals surface area contributed by atoms with Crippen LogP contribution in [0.3, 0.4) is 0 Å². The van der Waals surface area contributed by atoms with Gasteiger partial charge in [-0.1, -0.05) is 29.8 Å². The molecular weight excluding hydrogens is 376 g/mol. The van der Waals surface area contributed by atoms with E-state index >= 15 is 0 Å². The topological polar surface area (TPSA) is 66.5 Å². The Labute approximate surface area is 174 Å². The van der Waals surface area contributed by atoms with Crippen LogP contribution in [0.1, 0.15) is 22.3 Å². The fraction of sp³-hybridized carbons (Fsp3) is 0.320. The van der Waals surface area contributed by atoms with Crippen molar-refractivity contribution in [3.05, 3.63) is 71.8 Å². The third kappa shape index (κ3) is 2.44. The molecule has 1 heterocycles. The smallest absolute Gasteiger partial charge is 0.255 e. The van der Waals surface area contributed by atoms with Crippen molar-refractivity contribution < 1.29 is 14.4 Å². The maximum absolute atomic E-state index is 13.2. The molecule has 0 radical (unpaired) electrons. The zero-order chi connectivity index (χ0) is 20.6. The van der Waals surface area contributed by atoms with Gasteiger partial charge in [0, 0.05) is 11.3 Å². The number of aryl methyl sites for hydroxylation is 1. The van der Waals surface area contributed by atoms with Gasteiger partial charge in [-0.25, -0.2) is 0 Å². The van der Waals surface area contributed by atoms with Crippen LogP contribution in [0.5, 0.6) is 0 Å². The number of amides is 3. The number of nitrogens with zero attached hydrogens (tertiary/aromatic N) is 1. The first-order valence-corrected chi connectivity index (χ1v) is 10.6. The van der Waals surface area contributed by atoms with Crippen molar-refractivity contribution >= 4 is 29.1 Å². The lowest BCUT2D eigenvalue weighted by Crippen LogP contribution is -2.40. The van der Waals surface area contributed by atoms with Crippen LogP contribution in [0.4, 0.5) is 11.4 Å². The van der Waals surface area contributed by atoms with E-state index in [1.54, 1.807) is 24.3 Å². The second-order valence-electron chi connectivity index (χ2n) is 9.03. The Morgan fingerprint density at radius 1 is 0.867 bits per heavy atom. The van der Waals surface area contributed by atoms with Crippen LogP contribution in [-0.2, 0) is 9.59 Å². The van der Waals surface area contributed by atoms with Gasteiger partial charge in [0.1, 0.15) is 0 Å². The summed E-state index contributed by atoms with van der Waals surface area (Å²) in [7, 11) is 0. The summed E-state index contributed by atoms with van der Waals surface area (Å²) in [5, 5.41) is 2.87. The van der Waals surface area contributed by atoms with Gasteiger partial charge in [-0.3, -0.25) is 19.3 Å². The van der Waals surface area contributed by atoms with E-state index in [4.69, 9.17) is 0 Å². The lowest BCUT2D eigenvalue weighted by Gasteiger charge is -2.37. The Morgan fingerprint density at radius 2 is 1.43 bits per heavy atom. The molecule has 0 unspecified atom stereocenters. The van der Waals surface area contributed by atoms with Gasteiger partial charge in [-0.05, 0) is 73.4 Å². The first-order valence-electron chi connectivity index (χ1n) is 10.6. The van der Waals surface area contributed by atoms with Gasteiger partial charge in [0.2, 0.25) is 11.8 Å². The van der Waals surface area contributed by atoms with Gasteiger partial charge >= 0.3 is 0 Å². The molecule has 6 atom stereocenters. The largest absolute Gasteiger partial charge is 0.322 e. The highest BCUT2D eigenvalue weighted by atomic mass is 16.2. The van der Waals surface area contributed by atoms with E-state index in [2.05, 4.69) is 17.5 Å². The van der Waals surface area contributed by atoms with Gasteiger partial charge < -0.3 is 5.32 Å². The number of anilines is 2. The molecule has 3 amide bonds. The van der Waals surface area contributed by atoms with Gasteiger partial charge in [0.15, 0.2) is 0 Å². The Hall–Kier alpha value is -3.21. The van der Waals surface area contributed by atoms with Crippen molar-refractivity contribution in [2.75, 3.05) is 10.2 Å². The molecule has 0 aromatic heterocycles. The molecule has 1 N–H and O–H groups in total.